The Hall–Kier alpha value is -1.62. The Bertz CT molecular complexity index is 667. The van der Waals surface area contributed by atoms with Crippen LogP contribution in [0.15, 0.2) is 35.4 Å². The minimum atomic E-state index is 0.0315. The molecule has 7 heteroatoms. The summed E-state index contributed by atoms with van der Waals surface area (Å²) in [6, 6.07) is 8.03. The van der Waals surface area contributed by atoms with Crippen LogP contribution in [0.1, 0.15) is 5.56 Å². The molecule has 0 aromatic heterocycles. The van der Waals surface area contributed by atoms with E-state index in [0.717, 1.165) is 0 Å². The number of ether oxygens (including phenoxy) is 1. The van der Waals surface area contributed by atoms with E-state index in [0.29, 0.717) is 32.1 Å². The third-order valence-electron chi connectivity index (χ3n) is 2.60. The SMILES string of the molecule is COc1ccc(/C=N\Nc2c(Cl)cc(Cl)cc2Cl)cc1O. The molecule has 2 aromatic rings. The van der Waals surface area contributed by atoms with Crippen LogP contribution in [0.2, 0.25) is 15.1 Å². The van der Waals surface area contributed by atoms with E-state index in [9.17, 15) is 5.11 Å². The Kier molecular flexibility index (Phi) is 5.17. The summed E-state index contributed by atoms with van der Waals surface area (Å²) in [5.41, 5.74) is 3.88. The quantitative estimate of drug-likeness (QED) is 0.618. The van der Waals surface area contributed by atoms with Crippen molar-refractivity contribution in [3.8, 4) is 11.5 Å². The predicted octanol–water partition coefficient (Wildman–Crippen LogP) is 4.81. The molecule has 2 N–H and O–H groups in total. The van der Waals surface area contributed by atoms with Gasteiger partial charge < -0.3 is 9.84 Å². The number of halogens is 3. The number of anilines is 1. The Morgan fingerprint density at radius 1 is 1.14 bits per heavy atom. The second kappa shape index (κ2) is 6.89. The van der Waals surface area contributed by atoms with Crippen LogP contribution in [0.25, 0.3) is 0 Å². The first kappa shape index (κ1) is 15.8. The molecule has 0 heterocycles. The van der Waals surface area contributed by atoms with E-state index in [-0.39, 0.29) is 5.75 Å². The molecule has 0 saturated heterocycles. The molecular weight excluding hydrogens is 335 g/mol. The minimum Gasteiger partial charge on any atom is -0.504 e. The summed E-state index contributed by atoms with van der Waals surface area (Å²) in [7, 11) is 1.48. The van der Waals surface area contributed by atoms with Crippen molar-refractivity contribution >= 4 is 46.7 Å². The van der Waals surface area contributed by atoms with Gasteiger partial charge in [0.05, 0.1) is 29.1 Å². The van der Waals surface area contributed by atoms with E-state index in [4.69, 9.17) is 39.5 Å². The highest BCUT2D eigenvalue weighted by atomic mass is 35.5. The average Bonchev–Trinajstić information content (AvgIpc) is 2.42. The molecule has 0 fully saturated rings. The highest BCUT2D eigenvalue weighted by Gasteiger charge is 2.06. The molecule has 110 valence electrons. The first-order chi connectivity index (χ1) is 10.0. The predicted molar refractivity (Wildman–Crippen MR) is 87.3 cm³/mol. The molecule has 0 atom stereocenters. The molecule has 0 amide bonds. The summed E-state index contributed by atoms with van der Waals surface area (Å²) in [6.45, 7) is 0. The largest absolute Gasteiger partial charge is 0.504 e. The molecule has 0 spiro atoms. The third kappa shape index (κ3) is 3.94. The molecule has 0 unspecified atom stereocenters. The smallest absolute Gasteiger partial charge is 0.160 e. The van der Waals surface area contributed by atoms with Crippen molar-refractivity contribution < 1.29 is 9.84 Å². The maximum absolute atomic E-state index is 9.66. The van der Waals surface area contributed by atoms with Crippen molar-refractivity contribution in [2.75, 3.05) is 12.5 Å². The third-order valence-corrected chi connectivity index (χ3v) is 3.41. The number of phenolic OH excluding ortho intramolecular Hbond substituents is 1. The van der Waals surface area contributed by atoms with Gasteiger partial charge in [0.2, 0.25) is 0 Å². The van der Waals surface area contributed by atoms with Gasteiger partial charge in [-0.15, -0.1) is 0 Å². The van der Waals surface area contributed by atoms with Crippen LogP contribution in [0, 0.1) is 0 Å². The number of nitrogens with zero attached hydrogens (tertiary/aromatic N) is 1. The molecule has 0 aliphatic heterocycles. The van der Waals surface area contributed by atoms with Crippen molar-refractivity contribution in [2.24, 2.45) is 5.10 Å². The highest BCUT2D eigenvalue weighted by molar-refractivity contribution is 6.41. The average molecular weight is 346 g/mol. The molecule has 21 heavy (non-hydrogen) atoms. The van der Waals surface area contributed by atoms with Crippen LogP contribution in [0.3, 0.4) is 0 Å². The summed E-state index contributed by atoms with van der Waals surface area (Å²) < 4.78 is 4.96. The minimum absolute atomic E-state index is 0.0315. The number of aromatic hydroxyl groups is 1. The Morgan fingerprint density at radius 3 is 2.38 bits per heavy atom. The molecule has 4 nitrogen and oxygen atoms in total. The van der Waals surface area contributed by atoms with Crippen LogP contribution < -0.4 is 10.2 Å². The maximum atomic E-state index is 9.66. The number of hydrazone groups is 1. The van der Waals surface area contributed by atoms with E-state index >= 15 is 0 Å². The standard InChI is InChI=1S/C14H11Cl3N2O2/c1-21-13-3-2-8(4-12(13)20)7-18-19-14-10(16)5-9(15)6-11(14)17/h2-7,19-20H,1H3/b18-7-. The van der Waals surface area contributed by atoms with Gasteiger partial charge in [-0.2, -0.15) is 5.10 Å². The van der Waals surface area contributed by atoms with Crippen LogP contribution in [0.4, 0.5) is 5.69 Å². The van der Waals surface area contributed by atoms with Crippen LogP contribution in [-0.4, -0.2) is 18.4 Å². The lowest BCUT2D eigenvalue weighted by Gasteiger charge is -2.06. The van der Waals surface area contributed by atoms with Gasteiger partial charge >= 0.3 is 0 Å². The number of methoxy groups -OCH3 is 1. The number of hydrogen-bond acceptors (Lipinski definition) is 4. The molecule has 0 saturated carbocycles. The molecule has 0 aliphatic rings. The van der Waals surface area contributed by atoms with E-state index in [1.165, 1.54) is 19.4 Å². The van der Waals surface area contributed by atoms with E-state index in [2.05, 4.69) is 10.5 Å². The van der Waals surface area contributed by atoms with Crippen molar-refractivity contribution in [3.63, 3.8) is 0 Å². The van der Waals surface area contributed by atoms with E-state index in [1.807, 2.05) is 0 Å². The zero-order chi connectivity index (χ0) is 15.4. The Balaban J connectivity index is 2.14. The van der Waals surface area contributed by atoms with Gasteiger partial charge in [0.1, 0.15) is 0 Å². The zero-order valence-electron chi connectivity index (χ0n) is 10.9. The molecule has 2 rings (SSSR count). The van der Waals surface area contributed by atoms with Gasteiger partial charge in [0.25, 0.3) is 0 Å². The monoisotopic (exact) mass is 344 g/mol. The van der Waals surface area contributed by atoms with Gasteiger partial charge in [0, 0.05) is 5.02 Å². The lowest BCUT2D eigenvalue weighted by atomic mass is 10.2. The summed E-state index contributed by atoms with van der Waals surface area (Å²) in [5, 5.41) is 14.9. The summed E-state index contributed by atoms with van der Waals surface area (Å²) in [5.74, 6) is 0.424. The molecular formula is C14H11Cl3N2O2. The van der Waals surface area contributed by atoms with E-state index in [1.54, 1.807) is 24.3 Å². The maximum Gasteiger partial charge on any atom is 0.160 e. The van der Waals surface area contributed by atoms with Crippen LogP contribution >= 0.6 is 34.8 Å². The number of rotatable bonds is 4. The molecule has 0 aliphatic carbocycles. The molecule has 2 aromatic carbocycles. The Labute approximate surface area is 136 Å². The molecule has 0 radical (unpaired) electrons. The van der Waals surface area contributed by atoms with Crippen LogP contribution in [0.5, 0.6) is 11.5 Å². The van der Waals surface area contributed by atoms with Gasteiger partial charge in [0.15, 0.2) is 11.5 Å². The zero-order valence-corrected chi connectivity index (χ0v) is 13.2. The number of phenols is 1. The van der Waals surface area contributed by atoms with Crippen molar-refractivity contribution in [3.05, 3.63) is 51.0 Å². The second-order valence-electron chi connectivity index (χ2n) is 4.05. The van der Waals surface area contributed by atoms with Gasteiger partial charge in [-0.25, -0.2) is 0 Å². The van der Waals surface area contributed by atoms with Crippen LogP contribution in [-0.2, 0) is 0 Å². The topological polar surface area (TPSA) is 53.8 Å². The van der Waals surface area contributed by atoms with Gasteiger partial charge in [-0.05, 0) is 35.9 Å². The fourth-order valence-corrected chi connectivity index (χ4v) is 2.51. The lowest BCUT2D eigenvalue weighted by molar-refractivity contribution is 0.373. The number of nitrogens with one attached hydrogen (secondary N) is 1. The second-order valence-corrected chi connectivity index (χ2v) is 5.30. The first-order valence-electron chi connectivity index (χ1n) is 5.82. The van der Waals surface area contributed by atoms with Gasteiger partial charge in [-0.1, -0.05) is 34.8 Å². The highest BCUT2D eigenvalue weighted by Crippen LogP contribution is 2.33. The fourth-order valence-electron chi connectivity index (χ4n) is 1.61. The molecule has 0 bridgehead atoms. The number of benzene rings is 2. The van der Waals surface area contributed by atoms with Crippen molar-refractivity contribution in [1.29, 1.82) is 0 Å². The first-order valence-corrected chi connectivity index (χ1v) is 6.95. The lowest BCUT2D eigenvalue weighted by Crippen LogP contribution is -1.93. The normalized spacial score (nSPS) is 10.9. The summed E-state index contributed by atoms with van der Waals surface area (Å²) >= 11 is 17.9. The van der Waals surface area contributed by atoms with Gasteiger partial charge in [-0.3, -0.25) is 5.43 Å². The summed E-state index contributed by atoms with van der Waals surface area (Å²) in [6.07, 6.45) is 1.51. The Morgan fingerprint density at radius 2 is 1.81 bits per heavy atom. The summed E-state index contributed by atoms with van der Waals surface area (Å²) in [4.78, 5) is 0. The van der Waals surface area contributed by atoms with Crippen molar-refractivity contribution in [1.82, 2.24) is 0 Å². The van der Waals surface area contributed by atoms with E-state index < -0.39 is 0 Å². The van der Waals surface area contributed by atoms with Crippen molar-refractivity contribution in [2.45, 2.75) is 0 Å². The fraction of sp³-hybridized carbons (Fsp3) is 0.0714. The number of hydrogen-bond donors (Lipinski definition) is 2.